The van der Waals surface area contributed by atoms with Gasteiger partial charge in [-0.1, -0.05) is 17.2 Å². The summed E-state index contributed by atoms with van der Waals surface area (Å²) in [5, 5.41) is 3.00. The van der Waals surface area contributed by atoms with Crippen LogP contribution in [0.15, 0.2) is 23.3 Å². The van der Waals surface area contributed by atoms with Gasteiger partial charge in [0.2, 0.25) is 5.91 Å². The van der Waals surface area contributed by atoms with Gasteiger partial charge < -0.3 is 10.1 Å². The van der Waals surface area contributed by atoms with Gasteiger partial charge in [0.15, 0.2) is 0 Å². The molecule has 3 heteroatoms. The second kappa shape index (κ2) is 8.92. The Morgan fingerprint density at radius 1 is 1.26 bits per heavy atom. The number of amides is 1. The molecule has 0 spiro atoms. The quantitative estimate of drug-likeness (QED) is 0.591. The van der Waals surface area contributed by atoms with Gasteiger partial charge in [-0.25, -0.2) is 0 Å². The molecule has 108 valence electrons. The second-order valence-corrected chi connectivity index (χ2v) is 5.61. The first kappa shape index (κ1) is 16.0. The summed E-state index contributed by atoms with van der Waals surface area (Å²) in [4.78, 5) is 11.8. The predicted molar refractivity (Wildman–Crippen MR) is 79.0 cm³/mol. The highest BCUT2D eigenvalue weighted by Gasteiger charge is 2.13. The third kappa shape index (κ3) is 7.83. The molecule has 0 aromatic carbocycles. The van der Waals surface area contributed by atoms with E-state index in [1.165, 1.54) is 5.57 Å². The zero-order valence-electron chi connectivity index (χ0n) is 12.5. The lowest BCUT2D eigenvalue weighted by Gasteiger charge is -2.21. The average Bonchev–Trinajstić information content (AvgIpc) is 2.37. The van der Waals surface area contributed by atoms with Crippen LogP contribution in [0.4, 0.5) is 0 Å². The third-order valence-corrected chi connectivity index (χ3v) is 3.37. The summed E-state index contributed by atoms with van der Waals surface area (Å²) in [6.07, 6.45) is 8.02. The van der Waals surface area contributed by atoms with E-state index in [4.69, 9.17) is 4.74 Å². The maximum Gasteiger partial charge on any atom is 0.243 e. The Bertz CT molecular complexity index is 335. The third-order valence-electron chi connectivity index (χ3n) is 3.37. The number of nitrogens with one attached hydrogen (secondary N) is 1. The number of hydrogen-bond acceptors (Lipinski definition) is 2. The largest absolute Gasteiger partial charge is 0.381 e. The van der Waals surface area contributed by atoms with Crippen molar-refractivity contribution in [2.24, 2.45) is 5.92 Å². The first-order valence-electron chi connectivity index (χ1n) is 7.24. The molecule has 0 atom stereocenters. The van der Waals surface area contributed by atoms with E-state index in [2.05, 4.69) is 25.2 Å². The van der Waals surface area contributed by atoms with Gasteiger partial charge in [-0.3, -0.25) is 4.79 Å². The molecule has 3 nitrogen and oxygen atoms in total. The number of ether oxygens (including phenoxy) is 1. The maximum absolute atomic E-state index is 11.8. The minimum atomic E-state index is 0.0428. The summed E-state index contributed by atoms with van der Waals surface area (Å²) >= 11 is 0. The molecule has 0 radical (unpaired) electrons. The van der Waals surface area contributed by atoms with Crippen LogP contribution < -0.4 is 5.32 Å². The highest BCUT2D eigenvalue weighted by molar-refractivity contribution is 5.88. The van der Waals surface area contributed by atoms with Crippen molar-refractivity contribution in [3.05, 3.63) is 23.3 Å². The monoisotopic (exact) mass is 265 g/mol. The summed E-state index contributed by atoms with van der Waals surface area (Å²) in [7, 11) is 0. The van der Waals surface area contributed by atoms with Gasteiger partial charge in [-0.2, -0.15) is 0 Å². The highest BCUT2D eigenvalue weighted by atomic mass is 16.5. The second-order valence-electron chi connectivity index (χ2n) is 5.61. The minimum absolute atomic E-state index is 0.0428. The van der Waals surface area contributed by atoms with E-state index in [-0.39, 0.29) is 5.91 Å². The molecule has 0 bridgehead atoms. The Morgan fingerprint density at radius 2 is 1.95 bits per heavy atom. The fourth-order valence-corrected chi connectivity index (χ4v) is 2.13. The molecular formula is C16H27NO2. The Balaban J connectivity index is 2.22. The van der Waals surface area contributed by atoms with Crippen molar-refractivity contribution in [3.63, 3.8) is 0 Å². The Kier molecular flexibility index (Phi) is 7.49. The lowest BCUT2D eigenvalue weighted by molar-refractivity contribution is -0.116. The first-order valence-corrected chi connectivity index (χ1v) is 7.24. The van der Waals surface area contributed by atoms with E-state index in [0.29, 0.717) is 5.92 Å². The lowest BCUT2D eigenvalue weighted by Crippen LogP contribution is -2.31. The smallest absolute Gasteiger partial charge is 0.243 e. The molecule has 19 heavy (non-hydrogen) atoms. The fourth-order valence-electron chi connectivity index (χ4n) is 2.13. The molecule has 0 unspecified atom stereocenters. The van der Waals surface area contributed by atoms with Crippen LogP contribution in [-0.2, 0) is 9.53 Å². The summed E-state index contributed by atoms with van der Waals surface area (Å²) < 4.78 is 5.30. The predicted octanol–water partition coefficient (Wildman–Crippen LogP) is 3.22. The van der Waals surface area contributed by atoms with Gasteiger partial charge in [0.25, 0.3) is 0 Å². The fraction of sp³-hybridized carbons (Fsp3) is 0.688. The molecule has 1 saturated heterocycles. The number of carbonyl (C=O) groups excluding carboxylic acids is 1. The Morgan fingerprint density at radius 3 is 2.58 bits per heavy atom. The summed E-state index contributed by atoms with van der Waals surface area (Å²) in [5.74, 6) is 0.623. The van der Waals surface area contributed by atoms with Gasteiger partial charge in [-0.15, -0.1) is 0 Å². The van der Waals surface area contributed by atoms with Crippen LogP contribution in [0, 0.1) is 5.92 Å². The van der Waals surface area contributed by atoms with Crippen molar-refractivity contribution < 1.29 is 9.53 Å². The molecule has 1 heterocycles. The van der Waals surface area contributed by atoms with E-state index in [9.17, 15) is 4.79 Å². The van der Waals surface area contributed by atoms with Crippen LogP contribution in [-0.4, -0.2) is 25.7 Å². The zero-order valence-corrected chi connectivity index (χ0v) is 12.5. The van der Waals surface area contributed by atoms with Crippen LogP contribution in [0.5, 0.6) is 0 Å². The summed E-state index contributed by atoms with van der Waals surface area (Å²) in [6, 6.07) is 0. The normalized spacial score (nSPS) is 17.1. The summed E-state index contributed by atoms with van der Waals surface area (Å²) in [5.41, 5.74) is 2.47. The Labute approximate surface area is 117 Å². The van der Waals surface area contributed by atoms with Crippen molar-refractivity contribution in [3.8, 4) is 0 Å². The lowest BCUT2D eigenvalue weighted by atomic mass is 10.0. The van der Waals surface area contributed by atoms with E-state index in [0.717, 1.165) is 51.0 Å². The molecule has 0 aromatic heterocycles. The standard InChI is InChI=1S/C16H27NO2/c1-13(2)5-4-6-14(3)11-16(18)17-12-15-7-9-19-10-8-15/h5,11,15H,4,6-10,12H2,1-3H3,(H,17,18)/b14-11+. The summed E-state index contributed by atoms with van der Waals surface area (Å²) in [6.45, 7) is 8.66. The van der Waals surface area contributed by atoms with Crippen LogP contribution in [0.25, 0.3) is 0 Å². The SMILES string of the molecule is CC(C)=CCC/C(C)=C/C(=O)NCC1CCOCC1. The molecule has 0 aliphatic carbocycles. The Hall–Kier alpha value is -1.09. The number of allylic oxidation sites excluding steroid dienone is 3. The minimum Gasteiger partial charge on any atom is -0.381 e. The topological polar surface area (TPSA) is 38.3 Å². The molecular weight excluding hydrogens is 238 g/mol. The maximum atomic E-state index is 11.8. The average molecular weight is 265 g/mol. The highest BCUT2D eigenvalue weighted by Crippen LogP contribution is 2.13. The van der Waals surface area contributed by atoms with E-state index >= 15 is 0 Å². The van der Waals surface area contributed by atoms with Crippen LogP contribution in [0.3, 0.4) is 0 Å². The van der Waals surface area contributed by atoms with Crippen molar-refractivity contribution in [2.45, 2.75) is 46.5 Å². The van der Waals surface area contributed by atoms with Gasteiger partial charge in [0, 0.05) is 25.8 Å². The van der Waals surface area contributed by atoms with Gasteiger partial charge in [0.05, 0.1) is 0 Å². The molecule has 1 rings (SSSR count). The van der Waals surface area contributed by atoms with Gasteiger partial charge >= 0.3 is 0 Å². The van der Waals surface area contributed by atoms with E-state index in [1.807, 2.05) is 6.92 Å². The molecule has 1 aliphatic heterocycles. The molecule has 1 amide bonds. The van der Waals surface area contributed by atoms with Crippen LogP contribution in [0.1, 0.15) is 46.5 Å². The van der Waals surface area contributed by atoms with E-state index in [1.54, 1.807) is 6.08 Å². The molecule has 0 saturated carbocycles. The van der Waals surface area contributed by atoms with Crippen LogP contribution in [0.2, 0.25) is 0 Å². The van der Waals surface area contributed by atoms with Crippen molar-refractivity contribution in [1.29, 1.82) is 0 Å². The number of rotatable bonds is 6. The van der Waals surface area contributed by atoms with E-state index < -0.39 is 0 Å². The van der Waals surface area contributed by atoms with Crippen molar-refractivity contribution >= 4 is 5.91 Å². The van der Waals surface area contributed by atoms with Gasteiger partial charge in [-0.05, 0) is 52.4 Å². The number of carbonyl (C=O) groups is 1. The van der Waals surface area contributed by atoms with Crippen molar-refractivity contribution in [1.82, 2.24) is 5.32 Å². The van der Waals surface area contributed by atoms with Crippen LogP contribution >= 0.6 is 0 Å². The molecule has 1 fully saturated rings. The zero-order chi connectivity index (χ0) is 14.1. The van der Waals surface area contributed by atoms with Gasteiger partial charge in [0.1, 0.15) is 0 Å². The number of hydrogen-bond donors (Lipinski definition) is 1. The van der Waals surface area contributed by atoms with Crippen molar-refractivity contribution in [2.75, 3.05) is 19.8 Å². The molecule has 0 aromatic rings. The first-order chi connectivity index (χ1) is 9.08. The molecule has 1 aliphatic rings. The molecule has 1 N–H and O–H groups in total.